The summed E-state index contributed by atoms with van der Waals surface area (Å²) in [5.41, 5.74) is 1.19. The predicted molar refractivity (Wildman–Crippen MR) is 94.5 cm³/mol. The van der Waals surface area contributed by atoms with Gasteiger partial charge in [-0.2, -0.15) is 0 Å². The number of hydrogen-bond donors (Lipinski definition) is 1. The van der Waals surface area contributed by atoms with Crippen LogP contribution in [0.1, 0.15) is 43.7 Å². The van der Waals surface area contributed by atoms with Crippen LogP contribution in [0.4, 0.5) is 0 Å². The zero-order valence-corrected chi connectivity index (χ0v) is 14.3. The first-order chi connectivity index (χ1) is 11.2. The number of benzene rings is 1. The van der Waals surface area contributed by atoms with Gasteiger partial charge in [-0.15, -0.1) is 0 Å². The van der Waals surface area contributed by atoms with Crippen molar-refractivity contribution in [3.8, 4) is 0 Å². The molecule has 0 spiro atoms. The van der Waals surface area contributed by atoms with Gasteiger partial charge in [-0.05, 0) is 62.4 Å². The number of likely N-dealkylation sites (tertiary alicyclic amines) is 1. The highest BCUT2D eigenvalue weighted by molar-refractivity contribution is 6.30. The van der Waals surface area contributed by atoms with E-state index in [-0.39, 0.29) is 11.9 Å². The Balaban J connectivity index is 1.61. The average Bonchev–Trinajstić information content (AvgIpc) is 3.21. The summed E-state index contributed by atoms with van der Waals surface area (Å²) in [5, 5.41) is 3.91. The van der Waals surface area contributed by atoms with Crippen LogP contribution in [0, 0.1) is 5.92 Å². The molecule has 1 aromatic rings. The third kappa shape index (κ3) is 4.58. The maximum atomic E-state index is 12.2. The normalized spacial score (nSPS) is 22.4. The maximum absolute atomic E-state index is 12.2. The number of rotatable bonds is 6. The third-order valence-corrected chi connectivity index (χ3v) is 5.10. The van der Waals surface area contributed by atoms with E-state index in [0.717, 1.165) is 31.0 Å². The topological polar surface area (TPSA) is 32.3 Å². The summed E-state index contributed by atoms with van der Waals surface area (Å²) >= 11 is 6.16. The number of nitrogens with one attached hydrogen (secondary N) is 1. The van der Waals surface area contributed by atoms with E-state index in [2.05, 4.69) is 28.4 Å². The quantitative estimate of drug-likeness (QED) is 0.800. The first-order valence-electron chi connectivity index (χ1n) is 8.65. The number of halogens is 1. The van der Waals surface area contributed by atoms with Crippen LogP contribution in [0.2, 0.25) is 5.02 Å². The van der Waals surface area contributed by atoms with Crippen LogP contribution < -0.4 is 5.32 Å². The van der Waals surface area contributed by atoms with Crippen molar-refractivity contribution in [3.05, 3.63) is 47.0 Å². The lowest BCUT2D eigenvalue weighted by Gasteiger charge is -2.28. The monoisotopic (exact) mass is 332 g/mol. The van der Waals surface area contributed by atoms with Crippen molar-refractivity contribution < 1.29 is 4.79 Å². The van der Waals surface area contributed by atoms with Crippen molar-refractivity contribution in [1.29, 1.82) is 0 Å². The lowest BCUT2D eigenvalue weighted by atomic mass is 10.0. The van der Waals surface area contributed by atoms with Gasteiger partial charge in [0.15, 0.2) is 0 Å². The van der Waals surface area contributed by atoms with E-state index in [1.807, 2.05) is 18.2 Å². The van der Waals surface area contributed by atoms with Gasteiger partial charge in [-0.3, -0.25) is 9.69 Å². The minimum absolute atomic E-state index is 0.160. The summed E-state index contributed by atoms with van der Waals surface area (Å²) in [7, 11) is 0. The SMILES string of the molecule is O=C(C[C@@H]1C=CCC1)NC[C@@H](c1cccc(Cl)c1)N1CCCC1. The molecule has 3 nitrogen and oxygen atoms in total. The Hall–Kier alpha value is -1.32. The van der Waals surface area contributed by atoms with Crippen molar-refractivity contribution in [2.45, 2.75) is 38.1 Å². The fourth-order valence-corrected chi connectivity index (χ4v) is 3.81. The number of nitrogens with zero attached hydrogens (tertiary/aromatic N) is 1. The minimum Gasteiger partial charge on any atom is -0.354 e. The van der Waals surface area contributed by atoms with Crippen molar-refractivity contribution in [2.24, 2.45) is 5.92 Å². The summed E-state index contributed by atoms with van der Waals surface area (Å²) < 4.78 is 0. The zero-order chi connectivity index (χ0) is 16.1. The molecule has 23 heavy (non-hydrogen) atoms. The molecule has 0 radical (unpaired) electrons. The molecule has 1 aromatic carbocycles. The molecule has 1 amide bonds. The summed E-state index contributed by atoms with van der Waals surface area (Å²) in [6.07, 6.45) is 9.65. The van der Waals surface area contributed by atoms with Gasteiger partial charge in [-0.1, -0.05) is 35.9 Å². The molecular formula is C19H25ClN2O. The van der Waals surface area contributed by atoms with E-state index in [0.29, 0.717) is 18.9 Å². The summed E-state index contributed by atoms with van der Waals surface area (Å²) in [5.74, 6) is 0.583. The Morgan fingerprint density at radius 2 is 2.17 bits per heavy atom. The van der Waals surface area contributed by atoms with Gasteiger partial charge in [0.1, 0.15) is 0 Å². The Labute approximate surface area is 143 Å². The Morgan fingerprint density at radius 1 is 1.35 bits per heavy atom. The number of amides is 1. The highest BCUT2D eigenvalue weighted by Crippen LogP contribution is 2.27. The van der Waals surface area contributed by atoms with Gasteiger partial charge in [0.25, 0.3) is 0 Å². The van der Waals surface area contributed by atoms with E-state index in [1.165, 1.54) is 18.4 Å². The van der Waals surface area contributed by atoms with Crippen LogP contribution in [-0.4, -0.2) is 30.4 Å². The number of carbonyl (C=O) groups is 1. The summed E-state index contributed by atoms with van der Waals surface area (Å²) in [4.78, 5) is 14.7. The second-order valence-corrected chi connectivity index (χ2v) is 7.02. The molecule has 0 aromatic heterocycles. The van der Waals surface area contributed by atoms with Gasteiger partial charge in [0.2, 0.25) is 5.91 Å². The molecule has 2 atom stereocenters. The van der Waals surface area contributed by atoms with Crippen LogP contribution >= 0.6 is 11.6 Å². The molecule has 0 saturated carbocycles. The van der Waals surface area contributed by atoms with E-state index < -0.39 is 0 Å². The molecule has 1 heterocycles. The first kappa shape index (κ1) is 16.5. The van der Waals surface area contributed by atoms with E-state index in [4.69, 9.17) is 11.6 Å². The fourth-order valence-electron chi connectivity index (χ4n) is 3.61. The molecule has 0 unspecified atom stereocenters. The van der Waals surface area contributed by atoms with E-state index in [1.54, 1.807) is 0 Å². The summed E-state index contributed by atoms with van der Waals surface area (Å²) in [6.45, 7) is 2.85. The molecule has 1 fully saturated rings. The van der Waals surface area contributed by atoms with Crippen LogP contribution in [0.15, 0.2) is 36.4 Å². The van der Waals surface area contributed by atoms with Gasteiger partial charge in [0.05, 0.1) is 6.04 Å². The lowest BCUT2D eigenvalue weighted by molar-refractivity contribution is -0.121. The molecule has 3 rings (SSSR count). The molecule has 1 aliphatic carbocycles. The molecule has 2 aliphatic rings. The Morgan fingerprint density at radius 3 is 2.87 bits per heavy atom. The summed E-state index contributed by atoms with van der Waals surface area (Å²) in [6, 6.07) is 8.25. The zero-order valence-electron chi connectivity index (χ0n) is 13.5. The van der Waals surface area contributed by atoms with Crippen molar-refractivity contribution in [3.63, 3.8) is 0 Å². The smallest absolute Gasteiger partial charge is 0.220 e. The standard InChI is InChI=1S/C19H25ClN2O/c20-17-9-5-8-16(13-17)18(22-10-3-4-11-22)14-21-19(23)12-15-6-1-2-7-15/h1,5-6,8-9,13,15,18H,2-4,7,10-12,14H2,(H,21,23)/t15-,18+/m1/s1. The van der Waals surface area contributed by atoms with E-state index >= 15 is 0 Å². The molecule has 1 saturated heterocycles. The number of hydrogen-bond acceptors (Lipinski definition) is 2. The second-order valence-electron chi connectivity index (χ2n) is 6.59. The van der Waals surface area contributed by atoms with Gasteiger partial charge >= 0.3 is 0 Å². The molecule has 1 N–H and O–H groups in total. The van der Waals surface area contributed by atoms with Crippen molar-refractivity contribution in [2.75, 3.05) is 19.6 Å². The maximum Gasteiger partial charge on any atom is 0.220 e. The van der Waals surface area contributed by atoms with Crippen LogP contribution in [-0.2, 0) is 4.79 Å². The third-order valence-electron chi connectivity index (χ3n) is 4.87. The molecule has 0 bridgehead atoms. The van der Waals surface area contributed by atoms with Crippen molar-refractivity contribution >= 4 is 17.5 Å². The molecule has 4 heteroatoms. The highest BCUT2D eigenvalue weighted by Gasteiger charge is 2.24. The predicted octanol–water partition coefficient (Wildman–Crippen LogP) is 3.95. The van der Waals surface area contributed by atoms with Crippen molar-refractivity contribution in [1.82, 2.24) is 10.2 Å². The van der Waals surface area contributed by atoms with Crippen LogP contribution in [0.25, 0.3) is 0 Å². The highest BCUT2D eigenvalue weighted by atomic mass is 35.5. The largest absolute Gasteiger partial charge is 0.354 e. The van der Waals surface area contributed by atoms with Gasteiger partial charge in [0, 0.05) is 18.0 Å². The molecular weight excluding hydrogens is 308 g/mol. The van der Waals surface area contributed by atoms with Gasteiger partial charge < -0.3 is 5.32 Å². The average molecular weight is 333 g/mol. The fraction of sp³-hybridized carbons (Fsp3) is 0.526. The van der Waals surface area contributed by atoms with E-state index in [9.17, 15) is 4.79 Å². The minimum atomic E-state index is 0.160. The Bertz CT molecular complexity index is 566. The van der Waals surface area contributed by atoms with Crippen LogP contribution in [0.5, 0.6) is 0 Å². The van der Waals surface area contributed by atoms with Gasteiger partial charge in [-0.25, -0.2) is 0 Å². The van der Waals surface area contributed by atoms with Crippen LogP contribution in [0.3, 0.4) is 0 Å². The lowest BCUT2D eigenvalue weighted by Crippen LogP contribution is -2.37. The molecule has 124 valence electrons. The number of allylic oxidation sites excluding steroid dienone is 2. The second kappa shape index (κ2) is 7.98. The number of carbonyl (C=O) groups excluding carboxylic acids is 1. The Kier molecular flexibility index (Phi) is 5.74. The first-order valence-corrected chi connectivity index (χ1v) is 9.03. The molecule has 1 aliphatic heterocycles.